The number of fused-ring (bicyclic) bond motifs is 5. The van der Waals surface area contributed by atoms with E-state index in [-0.39, 0.29) is 35.5 Å². The van der Waals surface area contributed by atoms with E-state index in [4.69, 9.17) is 0 Å². The number of likely N-dealkylation sites (tertiary alicyclic amines) is 1. The molecule has 2 N–H and O–H groups in total. The minimum atomic E-state index is -0.125. The summed E-state index contributed by atoms with van der Waals surface area (Å²) in [5.74, 6) is 0.925. The van der Waals surface area contributed by atoms with Gasteiger partial charge in [-0.3, -0.25) is 19.5 Å². The fourth-order valence-corrected chi connectivity index (χ4v) is 4.79. The van der Waals surface area contributed by atoms with Gasteiger partial charge < -0.3 is 15.5 Å². The van der Waals surface area contributed by atoms with Crippen LogP contribution in [0.15, 0.2) is 41.4 Å². The number of allylic oxidation sites excluding steroid dienone is 2. The van der Waals surface area contributed by atoms with Crippen molar-refractivity contribution in [3.8, 4) is 0 Å². The van der Waals surface area contributed by atoms with Gasteiger partial charge in [-0.05, 0) is 36.0 Å². The third-order valence-electron chi connectivity index (χ3n) is 6.33. The lowest BCUT2D eigenvalue weighted by Crippen LogP contribution is -2.43. The topological polar surface area (TPSA) is 77.0 Å². The first-order valence-corrected chi connectivity index (χ1v) is 10.2. The largest absolute Gasteiger partial charge is 0.378 e. The summed E-state index contributed by atoms with van der Waals surface area (Å²) < 4.78 is 0. The number of imide groups is 1. The molecule has 0 spiro atoms. The quantitative estimate of drug-likeness (QED) is 0.328. The highest BCUT2D eigenvalue weighted by Crippen LogP contribution is 2.52. The molecule has 1 aromatic carbocycles. The predicted octanol–water partition coefficient (Wildman–Crippen LogP) is 1.22. The van der Waals surface area contributed by atoms with Gasteiger partial charge in [0.15, 0.2) is 5.96 Å². The average molecular weight is 396 g/mol. The van der Waals surface area contributed by atoms with Gasteiger partial charge in [-0.15, -0.1) is 0 Å². The summed E-state index contributed by atoms with van der Waals surface area (Å²) in [6, 6.07) is 8.32. The molecule has 7 heteroatoms. The third kappa shape index (κ3) is 3.61. The van der Waals surface area contributed by atoms with Gasteiger partial charge in [-0.1, -0.05) is 24.3 Å². The predicted molar refractivity (Wildman–Crippen MR) is 113 cm³/mol. The van der Waals surface area contributed by atoms with Crippen LogP contribution in [0.4, 0.5) is 5.69 Å². The van der Waals surface area contributed by atoms with Gasteiger partial charge in [0.05, 0.1) is 11.8 Å². The number of guanidine groups is 1. The zero-order chi connectivity index (χ0) is 20.5. The molecule has 0 radical (unpaired) electrons. The van der Waals surface area contributed by atoms with Crippen molar-refractivity contribution in [2.45, 2.75) is 13.0 Å². The fraction of sp³-hybridized carbons (Fsp3) is 0.500. The molecule has 2 aliphatic carbocycles. The van der Waals surface area contributed by atoms with E-state index < -0.39 is 0 Å². The van der Waals surface area contributed by atoms with Crippen molar-refractivity contribution in [2.75, 3.05) is 39.1 Å². The molecule has 1 aliphatic heterocycles. The van der Waals surface area contributed by atoms with E-state index in [2.05, 4.69) is 56.9 Å². The van der Waals surface area contributed by atoms with Crippen LogP contribution < -0.4 is 15.5 Å². The molecular formula is C22H29N5O2. The van der Waals surface area contributed by atoms with E-state index in [1.165, 1.54) is 4.90 Å². The Morgan fingerprint density at radius 1 is 1.07 bits per heavy atom. The Labute approximate surface area is 171 Å². The Balaban J connectivity index is 1.25. The number of nitrogens with zero attached hydrogens (tertiary/aromatic N) is 3. The summed E-state index contributed by atoms with van der Waals surface area (Å²) >= 11 is 0. The van der Waals surface area contributed by atoms with Crippen LogP contribution in [0.25, 0.3) is 0 Å². The highest BCUT2D eigenvalue weighted by molar-refractivity contribution is 6.06. The van der Waals surface area contributed by atoms with Gasteiger partial charge >= 0.3 is 0 Å². The fourth-order valence-electron chi connectivity index (χ4n) is 4.79. The van der Waals surface area contributed by atoms with Crippen molar-refractivity contribution in [1.82, 2.24) is 15.5 Å². The van der Waals surface area contributed by atoms with Crippen molar-refractivity contribution in [1.29, 1.82) is 0 Å². The molecule has 29 heavy (non-hydrogen) atoms. The van der Waals surface area contributed by atoms with Gasteiger partial charge in [0.2, 0.25) is 11.8 Å². The molecule has 0 aromatic heterocycles. The van der Waals surface area contributed by atoms with Crippen LogP contribution >= 0.6 is 0 Å². The van der Waals surface area contributed by atoms with Gasteiger partial charge in [-0.25, -0.2) is 0 Å². The third-order valence-corrected chi connectivity index (χ3v) is 6.33. The molecule has 7 nitrogen and oxygen atoms in total. The molecule has 2 amide bonds. The van der Waals surface area contributed by atoms with Crippen LogP contribution in [0.3, 0.4) is 0 Å². The maximum atomic E-state index is 12.7. The number of carbonyl (C=O) groups excluding carboxylic acids is 2. The Bertz CT molecular complexity index is 815. The number of nitrogens with one attached hydrogen (secondary N) is 2. The van der Waals surface area contributed by atoms with Crippen LogP contribution in [-0.2, 0) is 16.1 Å². The first kappa shape index (κ1) is 19.5. The molecule has 154 valence electrons. The minimum Gasteiger partial charge on any atom is -0.378 e. The number of hydrogen-bond acceptors (Lipinski definition) is 4. The summed E-state index contributed by atoms with van der Waals surface area (Å²) in [5, 5.41) is 6.48. The maximum absolute atomic E-state index is 12.7. The SMILES string of the molecule is CN=C(NCCN1C(=O)C2C3C=CC(C3)C2C1=O)NCc1ccc(N(C)C)cc1. The number of anilines is 1. The molecule has 4 rings (SSSR count). The summed E-state index contributed by atoms with van der Waals surface area (Å²) in [5.41, 5.74) is 2.31. The standard InChI is InChI=1S/C22H29N5O2/c1-23-22(25-13-14-4-8-17(9-5-14)26(2)3)24-10-11-27-20(28)18-15-6-7-16(12-15)19(18)21(27)29/h4-9,15-16,18-19H,10-13H2,1-3H3,(H2,23,24,25). The average Bonchev–Trinajstić information content (AvgIpc) is 3.40. The van der Waals surface area contributed by atoms with Crippen molar-refractivity contribution < 1.29 is 9.59 Å². The molecular weight excluding hydrogens is 366 g/mol. The lowest BCUT2D eigenvalue weighted by atomic mass is 9.85. The van der Waals surface area contributed by atoms with Gasteiger partial charge in [0, 0.05) is 46.5 Å². The molecule has 2 fully saturated rings. The molecule has 4 unspecified atom stereocenters. The Hall–Kier alpha value is -2.83. The lowest BCUT2D eigenvalue weighted by molar-refractivity contribution is -0.140. The Morgan fingerprint density at radius 3 is 2.24 bits per heavy atom. The van der Waals surface area contributed by atoms with E-state index in [0.717, 1.165) is 17.7 Å². The van der Waals surface area contributed by atoms with Crippen molar-refractivity contribution in [3.63, 3.8) is 0 Å². The second-order valence-electron chi connectivity index (χ2n) is 8.24. The molecule has 1 saturated heterocycles. The Morgan fingerprint density at radius 2 is 1.69 bits per heavy atom. The second kappa shape index (κ2) is 7.89. The van der Waals surface area contributed by atoms with E-state index >= 15 is 0 Å². The Kier molecular flexibility index (Phi) is 5.30. The molecule has 4 atom stereocenters. The van der Waals surface area contributed by atoms with E-state index in [9.17, 15) is 9.59 Å². The van der Waals surface area contributed by atoms with Gasteiger partial charge in [-0.2, -0.15) is 0 Å². The monoisotopic (exact) mass is 395 g/mol. The normalized spacial score (nSPS) is 27.6. The highest BCUT2D eigenvalue weighted by Gasteiger charge is 2.58. The summed E-state index contributed by atoms with van der Waals surface area (Å²) in [7, 11) is 5.75. The zero-order valence-electron chi connectivity index (χ0n) is 17.3. The molecule has 3 aliphatic rings. The minimum absolute atomic E-state index is 0.00239. The first-order chi connectivity index (χ1) is 14.0. The lowest BCUT2D eigenvalue weighted by Gasteiger charge is -2.19. The molecule has 1 aromatic rings. The number of hydrogen-bond donors (Lipinski definition) is 2. The molecule has 1 heterocycles. The van der Waals surface area contributed by atoms with Crippen LogP contribution in [0.2, 0.25) is 0 Å². The molecule has 1 saturated carbocycles. The summed E-state index contributed by atoms with van der Waals surface area (Å²) in [6.45, 7) is 1.51. The number of amides is 2. The van der Waals surface area contributed by atoms with Gasteiger partial charge in [0.1, 0.15) is 0 Å². The summed E-state index contributed by atoms with van der Waals surface area (Å²) in [4.78, 5) is 33.2. The van der Waals surface area contributed by atoms with Crippen LogP contribution in [0.5, 0.6) is 0 Å². The number of carbonyl (C=O) groups is 2. The van der Waals surface area contributed by atoms with Gasteiger partial charge in [0.25, 0.3) is 0 Å². The number of benzene rings is 1. The van der Waals surface area contributed by atoms with Crippen molar-refractivity contribution >= 4 is 23.5 Å². The van der Waals surface area contributed by atoms with Crippen LogP contribution in [0.1, 0.15) is 12.0 Å². The number of rotatable bonds is 6. The second-order valence-corrected chi connectivity index (χ2v) is 8.24. The van der Waals surface area contributed by atoms with Crippen LogP contribution in [0, 0.1) is 23.7 Å². The smallest absolute Gasteiger partial charge is 0.233 e. The highest BCUT2D eigenvalue weighted by atomic mass is 16.2. The first-order valence-electron chi connectivity index (χ1n) is 10.2. The maximum Gasteiger partial charge on any atom is 0.233 e. The number of aliphatic imine (C=N–C) groups is 1. The molecule has 2 bridgehead atoms. The van der Waals surface area contributed by atoms with E-state index in [1.54, 1.807) is 7.05 Å². The van der Waals surface area contributed by atoms with Crippen molar-refractivity contribution in [2.24, 2.45) is 28.7 Å². The van der Waals surface area contributed by atoms with Crippen LogP contribution in [-0.4, -0.2) is 56.9 Å². The van der Waals surface area contributed by atoms with E-state index in [1.807, 2.05) is 14.1 Å². The summed E-state index contributed by atoms with van der Waals surface area (Å²) in [6.07, 6.45) is 5.20. The van der Waals surface area contributed by atoms with Crippen molar-refractivity contribution in [3.05, 3.63) is 42.0 Å². The van der Waals surface area contributed by atoms with E-state index in [0.29, 0.717) is 25.6 Å². The zero-order valence-corrected chi connectivity index (χ0v) is 17.3.